The summed E-state index contributed by atoms with van der Waals surface area (Å²) in [4.78, 5) is 21.8. The normalized spacial score (nSPS) is 11.9. The van der Waals surface area contributed by atoms with Crippen molar-refractivity contribution < 1.29 is 27.9 Å². The molecule has 0 aliphatic rings. The lowest BCUT2D eigenvalue weighted by molar-refractivity contribution is -0.142. The van der Waals surface area contributed by atoms with Gasteiger partial charge in [0, 0.05) is 5.56 Å². The zero-order valence-electron chi connectivity index (χ0n) is 9.12. The van der Waals surface area contributed by atoms with Gasteiger partial charge in [-0.25, -0.2) is 18.0 Å². The Bertz CT molecular complexity index is 465. The lowest BCUT2D eigenvalue weighted by atomic mass is 10.1. The molecule has 7 heteroatoms. The third-order valence-corrected chi connectivity index (χ3v) is 2.17. The summed E-state index contributed by atoms with van der Waals surface area (Å²) in [5.74, 6) is -4.73. The molecule has 1 aromatic rings. The topological polar surface area (TPSA) is 66.4 Å². The predicted octanol–water partition coefficient (Wildman–Crippen LogP) is 1.05. The largest absolute Gasteiger partial charge is 0.480 e. The van der Waals surface area contributed by atoms with Crippen molar-refractivity contribution in [3.63, 3.8) is 0 Å². The first-order chi connectivity index (χ1) is 8.45. The highest BCUT2D eigenvalue weighted by molar-refractivity contribution is 5.84. The summed E-state index contributed by atoms with van der Waals surface area (Å²) in [6.45, 7) is -1.29. The van der Waals surface area contributed by atoms with Crippen molar-refractivity contribution >= 4 is 11.9 Å². The molecule has 1 unspecified atom stereocenters. The van der Waals surface area contributed by atoms with E-state index in [1.165, 1.54) is 12.1 Å². The van der Waals surface area contributed by atoms with Crippen LogP contribution in [0.25, 0.3) is 0 Å². The third kappa shape index (κ3) is 3.47. The maximum atomic E-state index is 13.2. The third-order valence-electron chi connectivity index (χ3n) is 2.17. The molecule has 1 atom stereocenters. The monoisotopic (exact) mass is 261 g/mol. The first-order valence-corrected chi connectivity index (χ1v) is 4.96. The van der Waals surface area contributed by atoms with Gasteiger partial charge < -0.3 is 10.4 Å². The van der Waals surface area contributed by atoms with Gasteiger partial charge in [0.1, 0.15) is 6.67 Å². The van der Waals surface area contributed by atoms with Gasteiger partial charge in [-0.3, -0.25) is 4.79 Å². The van der Waals surface area contributed by atoms with Crippen LogP contribution < -0.4 is 5.32 Å². The van der Waals surface area contributed by atoms with Gasteiger partial charge in [-0.15, -0.1) is 0 Å². The second-order valence-corrected chi connectivity index (χ2v) is 3.50. The summed E-state index contributed by atoms with van der Waals surface area (Å²) in [5, 5.41) is 10.4. The summed E-state index contributed by atoms with van der Waals surface area (Å²) in [5.41, 5.74) is -0.226. The summed E-state index contributed by atoms with van der Waals surface area (Å²) < 4.78 is 38.2. The number of carbonyl (C=O) groups excluding carboxylic acids is 1. The number of alkyl halides is 1. The van der Waals surface area contributed by atoms with Gasteiger partial charge in [0.25, 0.3) is 0 Å². The molecule has 0 radical (unpaired) electrons. The standard InChI is InChI=1S/C11H10F3NO3/c12-5-8(11(17)18)15-9(16)4-6-2-1-3-7(13)10(6)14/h1-3,8H,4-5H2,(H,15,16)(H,17,18). The number of carboxylic acids is 1. The van der Waals surface area contributed by atoms with Crippen LogP contribution in [0.2, 0.25) is 0 Å². The van der Waals surface area contributed by atoms with E-state index in [1.54, 1.807) is 0 Å². The Morgan fingerprint density at radius 1 is 1.33 bits per heavy atom. The number of halogens is 3. The van der Waals surface area contributed by atoms with E-state index in [0.29, 0.717) is 0 Å². The van der Waals surface area contributed by atoms with Crippen LogP contribution >= 0.6 is 0 Å². The van der Waals surface area contributed by atoms with Gasteiger partial charge in [-0.05, 0) is 6.07 Å². The molecule has 0 heterocycles. The van der Waals surface area contributed by atoms with Crippen molar-refractivity contribution in [2.24, 2.45) is 0 Å². The van der Waals surface area contributed by atoms with E-state index < -0.39 is 42.6 Å². The molecule has 1 aromatic carbocycles. The highest BCUT2D eigenvalue weighted by Crippen LogP contribution is 2.11. The van der Waals surface area contributed by atoms with E-state index in [-0.39, 0.29) is 5.56 Å². The van der Waals surface area contributed by atoms with Crippen molar-refractivity contribution in [1.29, 1.82) is 0 Å². The van der Waals surface area contributed by atoms with E-state index in [1.807, 2.05) is 5.32 Å². The van der Waals surface area contributed by atoms with Crippen LogP contribution in [0, 0.1) is 11.6 Å². The molecule has 0 saturated carbocycles. The van der Waals surface area contributed by atoms with Gasteiger partial charge in [-0.1, -0.05) is 12.1 Å². The van der Waals surface area contributed by atoms with Gasteiger partial charge in [-0.2, -0.15) is 0 Å². The minimum Gasteiger partial charge on any atom is -0.480 e. The quantitative estimate of drug-likeness (QED) is 0.832. The number of hydrogen-bond donors (Lipinski definition) is 2. The molecule has 0 aliphatic heterocycles. The Hall–Kier alpha value is -2.05. The predicted molar refractivity (Wildman–Crippen MR) is 55.6 cm³/mol. The molecular weight excluding hydrogens is 251 g/mol. The molecule has 98 valence electrons. The zero-order chi connectivity index (χ0) is 13.7. The number of amides is 1. The van der Waals surface area contributed by atoms with Crippen LogP contribution in [-0.4, -0.2) is 29.7 Å². The maximum absolute atomic E-state index is 13.2. The second-order valence-electron chi connectivity index (χ2n) is 3.50. The van der Waals surface area contributed by atoms with Crippen molar-refractivity contribution in [2.75, 3.05) is 6.67 Å². The highest BCUT2D eigenvalue weighted by Gasteiger charge is 2.20. The average molecular weight is 261 g/mol. The Labute approximate surface area is 100 Å². The maximum Gasteiger partial charge on any atom is 0.328 e. The average Bonchev–Trinajstić information content (AvgIpc) is 2.31. The molecule has 2 N–H and O–H groups in total. The first kappa shape index (κ1) is 14.0. The van der Waals surface area contributed by atoms with Crippen molar-refractivity contribution in [3.05, 3.63) is 35.4 Å². The molecular formula is C11H10F3NO3. The van der Waals surface area contributed by atoms with E-state index in [9.17, 15) is 22.8 Å². The number of rotatable bonds is 5. The molecule has 0 fully saturated rings. The lowest BCUT2D eigenvalue weighted by Crippen LogP contribution is -2.43. The fourth-order valence-corrected chi connectivity index (χ4v) is 1.27. The van der Waals surface area contributed by atoms with Crippen LogP contribution in [0.3, 0.4) is 0 Å². The number of benzene rings is 1. The van der Waals surface area contributed by atoms with E-state index in [0.717, 1.165) is 6.07 Å². The minimum absolute atomic E-state index is 0.226. The Kier molecular flexibility index (Phi) is 4.70. The fraction of sp³-hybridized carbons (Fsp3) is 0.273. The number of nitrogens with one attached hydrogen (secondary N) is 1. The smallest absolute Gasteiger partial charge is 0.328 e. The summed E-state index contributed by atoms with van der Waals surface area (Å²) in [6, 6.07) is 1.60. The second kappa shape index (κ2) is 6.04. The van der Waals surface area contributed by atoms with Gasteiger partial charge in [0.2, 0.25) is 5.91 Å². The zero-order valence-corrected chi connectivity index (χ0v) is 9.12. The highest BCUT2D eigenvalue weighted by atomic mass is 19.2. The van der Waals surface area contributed by atoms with Crippen LogP contribution in [0.4, 0.5) is 13.2 Å². The molecule has 0 aliphatic carbocycles. The van der Waals surface area contributed by atoms with E-state index in [2.05, 4.69) is 0 Å². The first-order valence-electron chi connectivity index (χ1n) is 4.96. The number of carboxylic acid groups (broad SMARTS) is 1. The van der Waals surface area contributed by atoms with Crippen molar-refractivity contribution in [3.8, 4) is 0 Å². The molecule has 1 rings (SSSR count). The van der Waals surface area contributed by atoms with Gasteiger partial charge in [0.15, 0.2) is 17.7 Å². The SMILES string of the molecule is O=C(Cc1cccc(F)c1F)NC(CF)C(=O)O. The van der Waals surface area contributed by atoms with Gasteiger partial charge in [0.05, 0.1) is 6.42 Å². The Morgan fingerprint density at radius 2 is 2.00 bits per heavy atom. The molecule has 0 spiro atoms. The number of carbonyl (C=O) groups is 2. The minimum atomic E-state index is -1.69. The Morgan fingerprint density at radius 3 is 2.56 bits per heavy atom. The number of aliphatic carboxylic acids is 1. The van der Waals surface area contributed by atoms with Crippen LogP contribution in [-0.2, 0) is 16.0 Å². The summed E-state index contributed by atoms with van der Waals surface area (Å²) in [7, 11) is 0. The molecule has 0 saturated heterocycles. The summed E-state index contributed by atoms with van der Waals surface area (Å²) in [6.07, 6.45) is -0.562. The molecule has 0 bridgehead atoms. The molecule has 18 heavy (non-hydrogen) atoms. The Balaban J connectivity index is 2.70. The molecule has 4 nitrogen and oxygen atoms in total. The lowest BCUT2D eigenvalue weighted by Gasteiger charge is -2.11. The molecule has 1 amide bonds. The van der Waals surface area contributed by atoms with Crippen molar-refractivity contribution in [1.82, 2.24) is 5.32 Å². The van der Waals surface area contributed by atoms with E-state index in [4.69, 9.17) is 5.11 Å². The van der Waals surface area contributed by atoms with E-state index >= 15 is 0 Å². The van der Waals surface area contributed by atoms with Crippen molar-refractivity contribution in [2.45, 2.75) is 12.5 Å². The van der Waals surface area contributed by atoms with Crippen LogP contribution in [0.1, 0.15) is 5.56 Å². The fourth-order valence-electron chi connectivity index (χ4n) is 1.27. The van der Waals surface area contributed by atoms with Crippen LogP contribution in [0.5, 0.6) is 0 Å². The number of hydrogen-bond acceptors (Lipinski definition) is 2. The summed E-state index contributed by atoms with van der Waals surface area (Å²) >= 11 is 0. The van der Waals surface area contributed by atoms with Gasteiger partial charge >= 0.3 is 5.97 Å². The molecule has 0 aromatic heterocycles. The van der Waals surface area contributed by atoms with Crippen LogP contribution in [0.15, 0.2) is 18.2 Å².